The van der Waals surface area contributed by atoms with E-state index in [-0.39, 0.29) is 31.0 Å². The van der Waals surface area contributed by atoms with Crippen molar-refractivity contribution in [1.29, 1.82) is 0 Å². The second kappa shape index (κ2) is 7.06. The maximum Gasteiger partial charge on any atom is 0.339 e. The highest BCUT2D eigenvalue weighted by Crippen LogP contribution is 2.34. The molecule has 1 N–H and O–H groups in total. The number of fused-ring (bicyclic) bond motifs is 1. The number of carboxylic acid groups (broad SMARTS) is 1. The second-order valence-electron chi connectivity index (χ2n) is 5.25. The van der Waals surface area contributed by atoms with E-state index in [1.165, 1.54) is 0 Å². The van der Waals surface area contributed by atoms with Gasteiger partial charge in [-0.15, -0.1) is 0 Å². The van der Waals surface area contributed by atoms with Gasteiger partial charge in [-0.25, -0.2) is 4.79 Å². The van der Waals surface area contributed by atoms with Crippen molar-refractivity contribution in [3.63, 3.8) is 0 Å². The molecule has 1 aromatic carbocycles. The third-order valence-electron chi connectivity index (χ3n) is 3.49. The molecule has 2 rings (SSSR count). The molecule has 0 fully saturated rings. The number of carbonyl (C=O) groups is 3. The molecule has 0 saturated carbocycles. The second-order valence-corrected chi connectivity index (χ2v) is 5.25. The molecule has 1 aliphatic heterocycles. The third kappa shape index (κ3) is 4.07. The van der Waals surface area contributed by atoms with Gasteiger partial charge in [0.25, 0.3) is 0 Å². The summed E-state index contributed by atoms with van der Waals surface area (Å²) in [6.45, 7) is 1.74. The minimum Gasteiger partial charge on any atom is -0.481 e. The summed E-state index contributed by atoms with van der Waals surface area (Å²) in [4.78, 5) is 33.5. The maximum atomic E-state index is 11.7. The summed E-state index contributed by atoms with van der Waals surface area (Å²) >= 11 is 0. The maximum absolute atomic E-state index is 11.7. The standard InChI is InChI=1S/C16H18O6/c1-10(21-15(19)9-8-14(17)18)6-7-13-11-4-2-3-5-12(11)16(20)22-13/h2-5,10,13H,6-9H2,1H3,(H,17,18)/t10?,13-/m0/s1. The average molecular weight is 306 g/mol. The highest BCUT2D eigenvalue weighted by molar-refractivity contribution is 5.93. The van der Waals surface area contributed by atoms with Gasteiger partial charge in [0, 0.05) is 5.56 Å². The van der Waals surface area contributed by atoms with E-state index in [9.17, 15) is 14.4 Å². The van der Waals surface area contributed by atoms with E-state index < -0.39 is 11.9 Å². The van der Waals surface area contributed by atoms with Crippen molar-refractivity contribution in [3.05, 3.63) is 35.4 Å². The van der Waals surface area contributed by atoms with E-state index in [1.54, 1.807) is 19.1 Å². The summed E-state index contributed by atoms with van der Waals surface area (Å²) in [5, 5.41) is 8.51. The van der Waals surface area contributed by atoms with Crippen LogP contribution < -0.4 is 0 Å². The lowest BCUT2D eigenvalue weighted by atomic mass is 10.0. The largest absolute Gasteiger partial charge is 0.481 e. The van der Waals surface area contributed by atoms with Gasteiger partial charge in [-0.3, -0.25) is 9.59 Å². The Kier molecular flexibility index (Phi) is 5.14. The van der Waals surface area contributed by atoms with E-state index in [0.717, 1.165) is 5.56 Å². The number of cyclic esters (lactones) is 1. The highest BCUT2D eigenvalue weighted by Gasteiger charge is 2.30. The van der Waals surface area contributed by atoms with Crippen LogP contribution in [-0.4, -0.2) is 29.1 Å². The first-order valence-corrected chi connectivity index (χ1v) is 7.18. The minimum absolute atomic E-state index is 0.138. The van der Waals surface area contributed by atoms with Gasteiger partial charge in [-0.1, -0.05) is 18.2 Å². The van der Waals surface area contributed by atoms with Crippen LogP contribution in [-0.2, 0) is 19.1 Å². The van der Waals surface area contributed by atoms with Crippen molar-refractivity contribution in [2.24, 2.45) is 0 Å². The molecule has 0 aliphatic carbocycles. The van der Waals surface area contributed by atoms with Gasteiger partial charge in [-0.05, 0) is 25.8 Å². The topological polar surface area (TPSA) is 89.9 Å². The molecule has 0 radical (unpaired) electrons. The fourth-order valence-corrected chi connectivity index (χ4v) is 2.37. The molecular weight excluding hydrogens is 288 g/mol. The van der Waals surface area contributed by atoms with Gasteiger partial charge in [-0.2, -0.15) is 0 Å². The van der Waals surface area contributed by atoms with Crippen molar-refractivity contribution in [3.8, 4) is 0 Å². The van der Waals surface area contributed by atoms with Crippen LogP contribution in [0.15, 0.2) is 24.3 Å². The molecule has 1 aliphatic rings. The summed E-state index contributed by atoms with van der Waals surface area (Å²) in [6.07, 6.45) is 0.0398. The van der Waals surface area contributed by atoms with Gasteiger partial charge < -0.3 is 14.6 Å². The van der Waals surface area contributed by atoms with Gasteiger partial charge in [0.1, 0.15) is 6.10 Å². The Morgan fingerprint density at radius 2 is 2.05 bits per heavy atom. The first-order chi connectivity index (χ1) is 10.5. The van der Waals surface area contributed by atoms with Crippen LogP contribution in [0.5, 0.6) is 0 Å². The predicted molar refractivity (Wildman–Crippen MR) is 76.3 cm³/mol. The SMILES string of the molecule is CC(CC[C@@H]1OC(=O)c2ccccc21)OC(=O)CCC(=O)O. The molecule has 6 heteroatoms. The fourth-order valence-electron chi connectivity index (χ4n) is 2.37. The molecule has 6 nitrogen and oxygen atoms in total. The summed E-state index contributed by atoms with van der Waals surface area (Å²) < 4.78 is 10.4. The Hall–Kier alpha value is -2.37. The van der Waals surface area contributed by atoms with Crippen molar-refractivity contribution in [2.45, 2.75) is 44.8 Å². The summed E-state index contributed by atoms with van der Waals surface area (Å²) in [5.41, 5.74) is 1.44. The van der Waals surface area contributed by atoms with Crippen LogP contribution in [0, 0.1) is 0 Å². The quantitative estimate of drug-likeness (QED) is 0.778. The molecular formula is C16H18O6. The molecule has 22 heavy (non-hydrogen) atoms. The van der Waals surface area contributed by atoms with E-state index in [4.69, 9.17) is 14.6 Å². The smallest absolute Gasteiger partial charge is 0.339 e. The molecule has 0 amide bonds. The van der Waals surface area contributed by atoms with Gasteiger partial charge >= 0.3 is 17.9 Å². The van der Waals surface area contributed by atoms with Crippen molar-refractivity contribution in [1.82, 2.24) is 0 Å². The van der Waals surface area contributed by atoms with Crippen molar-refractivity contribution in [2.75, 3.05) is 0 Å². The van der Waals surface area contributed by atoms with Gasteiger partial charge in [0.15, 0.2) is 0 Å². The molecule has 0 aromatic heterocycles. The number of carbonyl (C=O) groups excluding carboxylic acids is 2. The number of benzene rings is 1. The normalized spacial score (nSPS) is 17.5. The Balaban J connectivity index is 1.80. The first-order valence-electron chi connectivity index (χ1n) is 7.18. The number of hydrogen-bond donors (Lipinski definition) is 1. The van der Waals surface area contributed by atoms with Crippen LogP contribution >= 0.6 is 0 Å². The number of carboxylic acids is 1. The molecule has 1 aromatic rings. The van der Waals surface area contributed by atoms with Crippen molar-refractivity contribution < 1.29 is 29.0 Å². The lowest BCUT2D eigenvalue weighted by Crippen LogP contribution is -2.16. The molecule has 1 heterocycles. The van der Waals surface area contributed by atoms with Crippen LogP contribution in [0.1, 0.15) is 54.6 Å². The van der Waals surface area contributed by atoms with E-state index in [1.807, 2.05) is 12.1 Å². The van der Waals surface area contributed by atoms with E-state index in [2.05, 4.69) is 0 Å². The fraction of sp³-hybridized carbons (Fsp3) is 0.438. The lowest BCUT2D eigenvalue weighted by Gasteiger charge is -2.16. The first kappa shape index (κ1) is 16.0. The minimum atomic E-state index is -1.03. The molecule has 118 valence electrons. The number of esters is 2. The molecule has 0 bridgehead atoms. The van der Waals surface area contributed by atoms with E-state index >= 15 is 0 Å². The van der Waals surface area contributed by atoms with E-state index in [0.29, 0.717) is 18.4 Å². The summed E-state index contributed by atoms with van der Waals surface area (Å²) in [7, 11) is 0. The predicted octanol–water partition coefficient (Wildman–Crippen LogP) is 2.47. The zero-order valence-corrected chi connectivity index (χ0v) is 12.3. The third-order valence-corrected chi connectivity index (χ3v) is 3.49. The highest BCUT2D eigenvalue weighted by atomic mass is 16.6. The zero-order chi connectivity index (χ0) is 16.1. The number of hydrogen-bond acceptors (Lipinski definition) is 5. The molecule has 0 saturated heterocycles. The van der Waals surface area contributed by atoms with Crippen LogP contribution in [0.4, 0.5) is 0 Å². The monoisotopic (exact) mass is 306 g/mol. The zero-order valence-electron chi connectivity index (χ0n) is 12.3. The molecule has 1 unspecified atom stereocenters. The van der Waals surface area contributed by atoms with Crippen LogP contribution in [0.3, 0.4) is 0 Å². The Bertz CT molecular complexity index is 580. The molecule has 0 spiro atoms. The van der Waals surface area contributed by atoms with Crippen molar-refractivity contribution >= 4 is 17.9 Å². The summed E-state index contributed by atoms with van der Waals surface area (Å²) in [5.74, 6) is -1.88. The Morgan fingerprint density at radius 3 is 2.77 bits per heavy atom. The Morgan fingerprint density at radius 1 is 1.32 bits per heavy atom. The van der Waals surface area contributed by atoms with Gasteiger partial charge in [0.2, 0.25) is 0 Å². The number of ether oxygens (including phenoxy) is 2. The average Bonchev–Trinajstić information content (AvgIpc) is 2.80. The molecule has 2 atom stereocenters. The van der Waals surface area contributed by atoms with Gasteiger partial charge in [0.05, 0.1) is 24.5 Å². The number of rotatable bonds is 7. The number of aliphatic carboxylic acids is 1. The summed E-state index contributed by atoms with van der Waals surface area (Å²) in [6, 6.07) is 7.22. The Labute approximate surface area is 128 Å². The van der Waals surface area contributed by atoms with Crippen LogP contribution in [0.25, 0.3) is 0 Å². The van der Waals surface area contributed by atoms with Crippen LogP contribution in [0.2, 0.25) is 0 Å². The lowest BCUT2D eigenvalue weighted by molar-refractivity contribution is -0.151.